The zero-order valence-electron chi connectivity index (χ0n) is 11.6. The average Bonchev–Trinajstić information content (AvgIpc) is 2.97. The van der Waals surface area contributed by atoms with Crippen molar-refractivity contribution < 1.29 is 4.39 Å². The summed E-state index contributed by atoms with van der Waals surface area (Å²) in [5, 5.41) is 8.99. The van der Waals surface area contributed by atoms with E-state index in [2.05, 4.69) is 26.6 Å². The first-order chi connectivity index (χ1) is 10.7. The Bertz CT molecular complexity index is 844. The number of hydrogen-bond acceptors (Lipinski definition) is 1. The molecule has 0 atom stereocenters. The number of nitriles is 1. The Morgan fingerprint density at radius 2 is 1.86 bits per heavy atom. The van der Waals surface area contributed by atoms with Gasteiger partial charge in [0.2, 0.25) is 0 Å². The van der Waals surface area contributed by atoms with Crippen LogP contribution < -0.4 is 0 Å². The topological polar surface area (TPSA) is 28.7 Å². The second-order valence-electron chi connectivity index (χ2n) is 4.95. The number of benzene rings is 2. The van der Waals surface area contributed by atoms with Crippen LogP contribution in [0.5, 0.6) is 0 Å². The van der Waals surface area contributed by atoms with Gasteiger partial charge in [-0.05, 0) is 64.0 Å². The molecule has 0 radical (unpaired) electrons. The molecule has 22 heavy (non-hydrogen) atoms. The first-order valence-corrected chi connectivity index (χ1v) is 7.57. The Hall–Kier alpha value is -2.38. The third-order valence-electron chi connectivity index (χ3n) is 3.48. The normalized spacial score (nSPS) is 10.4. The van der Waals surface area contributed by atoms with Gasteiger partial charge in [-0.1, -0.05) is 12.1 Å². The molecule has 3 rings (SSSR count). The van der Waals surface area contributed by atoms with Gasteiger partial charge in [0.25, 0.3) is 0 Å². The molecular formula is C18H12BrFN2. The molecule has 0 aliphatic heterocycles. The van der Waals surface area contributed by atoms with Crippen molar-refractivity contribution in [2.24, 2.45) is 0 Å². The highest BCUT2D eigenvalue weighted by Crippen LogP contribution is 2.22. The summed E-state index contributed by atoms with van der Waals surface area (Å²) < 4.78 is 15.8. The molecule has 0 saturated heterocycles. The van der Waals surface area contributed by atoms with Crippen molar-refractivity contribution in [3.05, 3.63) is 87.9 Å². The second kappa shape index (κ2) is 6.17. The first kappa shape index (κ1) is 14.6. The Morgan fingerprint density at radius 1 is 1.09 bits per heavy atom. The molecule has 0 aliphatic carbocycles. The van der Waals surface area contributed by atoms with Gasteiger partial charge in [0.05, 0.1) is 5.56 Å². The smallest absolute Gasteiger partial charge is 0.123 e. The molecule has 0 bridgehead atoms. The molecule has 4 heteroatoms. The van der Waals surface area contributed by atoms with Crippen LogP contribution in [0, 0.1) is 17.1 Å². The van der Waals surface area contributed by atoms with E-state index in [1.165, 1.54) is 12.1 Å². The van der Waals surface area contributed by atoms with Crippen LogP contribution in [0.1, 0.15) is 16.8 Å². The first-order valence-electron chi connectivity index (χ1n) is 6.78. The van der Waals surface area contributed by atoms with Crippen molar-refractivity contribution in [2.45, 2.75) is 6.42 Å². The predicted octanol–water partition coefficient (Wildman–Crippen LogP) is 4.84. The predicted molar refractivity (Wildman–Crippen MR) is 87.4 cm³/mol. The average molecular weight is 355 g/mol. The SMILES string of the molecule is N#Cc1ccc(-n2cccc2Cc2ccc(F)cc2)cc1Br. The van der Waals surface area contributed by atoms with E-state index >= 15 is 0 Å². The summed E-state index contributed by atoms with van der Waals surface area (Å²) in [7, 11) is 0. The van der Waals surface area contributed by atoms with Crippen molar-refractivity contribution in [1.82, 2.24) is 4.57 Å². The van der Waals surface area contributed by atoms with Gasteiger partial charge in [0, 0.05) is 28.5 Å². The summed E-state index contributed by atoms with van der Waals surface area (Å²) in [6.07, 6.45) is 2.69. The van der Waals surface area contributed by atoms with Crippen molar-refractivity contribution in [3.63, 3.8) is 0 Å². The molecule has 3 aromatic rings. The van der Waals surface area contributed by atoms with Crippen LogP contribution in [0.25, 0.3) is 5.69 Å². The number of nitrogens with zero attached hydrogens (tertiary/aromatic N) is 2. The molecule has 0 aliphatic rings. The van der Waals surface area contributed by atoms with E-state index in [1.807, 2.05) is 30.5 Å². The molecule has 2 nitrogen and oxygen atoms in total. The standard InChI is InChI=1S/C18H12BrFN2/c19-18-11-17(8-5-14(18)12-21)22-9-1-2-16(22)10-13-3-6-15(20)7-4-13/h1-9,11H,10H2. The van der Waals surface area contributed by atoms with Crippen molar-refractivity contribution in [3.8, 4) is 11.8 Å². The lowest BCUT2D eigenvalue weighted by Crippen LogP contribution is -2.00. The molecular weight excluding hydrogens is 343 g/mol. The second-order valence-corrected chi connectivity index (χ2v) is 5.80. The molecule has 1 aromatic heterocycles. The molecule has 108 valence electrons. The van der Waals surface area contributed by atoms with E-state index in [1.54, 1.807) is 18.2 Å². The van der Waals surface area contributed by atoms with E-state index in [0.29, 0.717) is 12.0 Å². The van der Waals surface area contributed by atoms with E-state index in [9.17, 15) is 4.39 Å². The van der Waals surface area contributed by atoms with Gasteiger partial charge < -0.3 is 4.57 Å². The summed E-state index contributed by atoms with van der Waals surface area (Å²) in [5.74, 6) is -0.227. The maximum Gasteiger partial charge on any atom is 0.123 e. The molecule has 0 unspecified atom stereocenters. The van der Waals surface area contributed by atoms with Gasteiger partial charge in [-0.15, -0.1) is 0 Å². The van der Waals surface area contributed by atoms with Gasteiger partial charge in [0.15, 0.2) is 0 Å². The molecule has 0 saturated carbocycles. The molecule has 0 spiro atoms. The third kappa shape index (κ3) is 2.95. The van der Waals surface area contributed by atoms with Gasteiger partial charge in [-0.25, -0.2) is 4.39 Å². The summed E-state index contributed by atoms with van der Waals surface area (Å²) in [6, 6.07) is 18.3. The van der Waals surface area contributed by atoms with E-state index in [4.69, 9.17) is 5.26 Å². The van der Waals surface area contributed by atoms with Crippen LogP contribution in [0.15, 0.2) is 65.3 Å². The third-order valence-corrected chi connectivity index (χ3v) is 4.14. The van der Waals surface area contributed by atoms with Crippen molar-refractivity contribution >= 4 is 15.9 Å². The van der Waals surface area contributed by atoms with Gasteiger partial charge in [-0.2, -0.15) is 5.26 Å². The van der Waals surface area contributed by atoms with E-state index < -0.39 is 0 Å². The van der Waals surface area contributed by atoms with Crippen LogP contribution in [0.2, 0.25) is 0 Å². The fraction of sp³-hybridized carbons (Fsp3) is 0.0556. The van der Waals surface area contributed by atoms with Crippen LogP contribution in [0.4, 0.5) is 4.39 Å². The van der Waals surface area contributed by atoms with Crippen LogP contribution in [-0.2, 0) is 6.42 Å². The number of rotatable bonds is 3. The molecule has 0 N–H and O–H groups in total. The highest BCUT2D eigenvalue weighted by atomic mass is 79.9. The van der Waals surface area contributed by atoms with Gasteiger partial charge >= 0.3 is 0 Å². The Morgan fingerprint density at radius 3 is 2.55 bits per heavy atom. The summed E-state index contributed by atoms with van der Waals surface area (Å²) >= 11 is 3.41. The van der Waals surface area contributed by atoms with E-state index in [0.717, 1.165) is 21.4 Å². The van der Waals surface area contributed by atoms with E-state index in [-0.39, 0.29) is 5.82 Å². The summed E-state index contributed by atoms with van der Waals surface area (Å²) in [6.45, 7) is 0. The lowest BCUT2D eigenvalue weighted by atomic mass is 10.1. The maximum atomic E-state index is 13.0. The zero-order valence-corrected chi connectivity index (χ0v) is 13.2. The maximum absolute atomic E-state index is 13.0. The van der Waals surface area contributed by atoms with Gasteiger partial charge in [-0.3, -0.25) is 0 Å². The number of halogens is 2. The Labute approximate surface area is 136 Å². The molecule has 0 fully saturated rings. The minimum Gasteiger partial charge on any atom is -0.321 e. The largest absolute Gasteiger partial charge is 0.321 e. The highest BCUT2D eigenvalue weighted by molar-refractivity contribution is 9.10. The van der Waals surface area contributed by atoms with Crippen molar-refractivity contribution in [2.75, 3.05) is 0 Å². The quantitative estimate of drug-likeness (QED) is 0.661. The van der Waals surface area contributed by atoms with Crippen LogP contribution >= 0.6 is 15.9 Å². The fourth-order valence-electron chi connectivity index (χ4n) is 2.37. The number of hydrogen-bond donors (Lipinski definition) is 0. The molecule has 2 aromatic carbocycles. The van der Waals surface area contributed by atoms with Crippen molar-refractivity contribution in [1.29, 1.82) is 5.26 Å². The number of aromatic nitrogens is 1. The van der Waals surface area contributed by atoms with Gasteiger partial charge in [0.1, 0.15) is 11.9 Å². The lowest BCUT2D eigenvalue weighted by molar-refractivity contribution is 0.627. The van der Waals surface area contributed by atoms with Crippen LogP contribution in [0.3, 0.4) is 0 Å². The lowest BCUT2D eigenvalue weighted by Gasteiger charge is -2.10. The minimum absolute atomic E-state index is 0.227. The Kier molecular flexibility index (Phi) is 4.08. The fourth-order valence-corrected chi connectivity index (χ4v) is 2.82. The molecule has 1 heterocycles. The zero-order chi connectivity index (χ0) is 15.5. The molecule has 0 amide bonds. The summed E-state index contributed by atoms with van der Waals surface area (Å²) in [5.41, 5.74) is 3.74. The Balaban J connectivity index is 1.93. The highest BCUT2D eigenvalue weighted by Gasteiger charge is 2.07. The monoisotopic (exact) mass is 354 g/mol. The minimum atomic E-state index is -0.227. The summed E-state index contributed by atoms with van der Waals surface area (Å²) in [4.78, 5) is 0. The van der Waals surface area contributed by atoms with Crippen LogP contribution in [-0.4, -0.2) is 4.57 Å².